The van der Waals surface area contributed by atoms with Crippen molar-refractivity contribution in [1.29, 1.82) is 0 Å². The lowest BCUT2D eigenvalue weighted by Crippen LogP contribution is -2.31. The van der Waals surface area contributed by atoms with E-state index in [2.05, 4.69) is 15.5 Å². The van der Waals surface area contributed by atoms with Crippen molar-refractivity contribution in [3.63, 3.8) is 0 Å². The average molecular weight is 380 g/mol. The predicted octanol–water partition coefficient (Wildman–Crippen LogP) is 3.83. The number of para-hydroxylation sites is 1. The van der Waals surface area contributed by atoms with Crippen LogP contribution in [0.2, 0.25) is 0 Å². The third kappa shape index (κ3) is 4.37. The highest BCUT2D eigenvalue weighted by Crippen LogP contribution is 2.39. The lowest BCUT2D eigenvalue weighted by molar-refractivity contribution is 0.106. The number of amides is 1. The molecule has 5 heteroatoms. The lowest BCUT2D eigenvalue weighted by atomic mass is 10.0. The minimum absolute atomic E-state index is 0.0327. The van der Waals surface area contributed by atoms with Crippen LogP contribution in [0, 0.1) is 11.8 Å². The number of likely N-dealkylation sites (N-methyl/N-ethyl adjacent to an activating group) is 1. The fourth-order valence-corrected chi connectivity index (χ4v) is 4.64. The summed E-state index contributed by atoms with van der Waals surface area (Å²) in [6, 6.07) is 17.9. The molecule has 1 saturated carbocycles. The van der Waals surface area contributed by atoms with Crippen LogP contribution in [0.25, 0.3) is 11.1 Å². The van der Waals surface area contributed by atoms with Crippen molar-refractivity contribution >= 4 is 11.8 Å². The van der Waals surface area contributed by atoms with Gasteiger partial charge in [-0.2, -0.15) is 0 Å². The van der Waals surface area contributed by atoms with Gasteiger partial charge in [-0.25, -0.2) is 4.79 Å². The largest absolute Gasteiger partial charge is 0.446 e. The molecule has 2 aliphatic rings. The van der Waals surface area contributed by atoms with E-state index < -0.39 is 0 Å². The van der Waals surface area contributed by atoms with Crippen LogP contribution in [0.5, 0.6) is 0 Å². The molecular formula is C23H29N3O2. The topological polar surface area (TPSA) is 53.6 Å². The molecule has 3 atom stereocenters. The van der Waals surface area contributed by atoms with Gasteiger partial charge in [0.2, 0.25) is 0 Å². The van der Waals surface area contributed by atoms with E-state index in [0.29, 0.717) is 11.8 Å². The molecule has 1 aliphatic carbocycles. The van der Waals surface area contributed by atoms with Gasteiger partial charge in [-0.05, 0) is 43.4 Å². The first-order valence-corrected chi connectivity index (χ1v) is 10.2. The van der Waals surface area contributed by atoms with Crippen molar-refractivity contribution < 1.29 is 9.53 Å². The monoisotopic (exact) mass is 379 g/mol. The van der Waals surface area contributed by atoms with Gasteiger partial charge in [-0.1, -0.05) is 48.5 Å². The first-order chi connectivity index (χ1) is 13.7. The highest BCUT2D eigenvalue weighted by molar-refractivity contribution is 5.91. The maximum atomic E-state index is 12.5. The first kappa shape index (κ1) is 19.0. The van der Waals surface area contributed by atoms with E-state index in [-0.39, 0.29) is 12.2 Å². The number of ether oxygens (including phenoxy) is 1. The standard InChI is InChI=1S/C23H29N3O2/c1-24-11-12-26-15-18-13-20(14-19(18)16-26)28-23(27)25-22-10-6-5-9-21(22)17-7-3-2-4-8-17/h2-10,18-20,24H,11-16H2,1H3,(H,25,27)/t18-,19+,20+. The highest BCUT2D eigenvalue weighted by atomic mass is 16.6. The summed E-state index contributed by atoms with van der Waals surface area (Å²) in [5, 5.41) is 6.17. The Balaban J connectivity index is 1.32. The van der Waals surface area contributed by atoms with Crippen LogP contribution < -0.4 is 10.6 Å². The van der Waals surface area contributed by atoms with Gasteiger partial charge in [0.05, 0.1) is 5.69 Å². The second-order valence-electron chi connectivity index (χ2n) is 7.92. The van der Waals surface area contributed by atoms with Gasteiger partial charge in [-0.3, -0.25) is 5.32 Å². The molecule has 148 valence electrons. The molecule has 4 rings (SSSR count). The molecule has 5 nitrogen and oxygen atoms in total. The summed E-state index contributed by atoms with van der Waals surface area (Å²) in [4.78, 5) is 15.1. The number of anilines is 1. The predicted molar refractivity (Wildman–Crippen MR) is 112 cm³/mol. The molecule has 1 heterocycles. The number of benzene rings is 2. The van der Waals surface area contributed by atoms with E-state index in [0.717, 1.165) is 55.8 Å². The van der Waals surface area contributed by atoms with Crippen LogP contribution in [0.3, 0.4) is 0 Å². The zero-order valence-corrected chi connectivity index (χ0v) is 16.4. The summed E-state index contributed by atoms with van der Waals surface area (Å²) < 4.78 is 5.78. The van der Waals surface area contributed by atoms with Gasteiger partial charge in [0.1, 0.15) is 6.10 Å². The van der Waals surface area contributed by atoms with Crippen molar-refractivity contribution in [2.24, 2.45) is 11.8 Å². The van der Waals surface area contributed by atoms with E-state index in [1.165, 1.54) is 0 Å². The molecule has 0 bridgehead atoms. The molecule has 1 amide bonds. The minimum Gasteiger partial charge on any atom is -0.446 e. The Morgan fingerprint density at radius 3 is 2.43 bits per heavy atom. The number of nitrogens with zero attached hydrogens (tertiary/aromatic N) is 1. The Hall–Kier alpha value is -2.37. The molecule has 2 N–H and O–H groups in total. The molecule has 0 unspecified atom stereocenters. The van der Waals surface area contributed by atoms with Crippen LogP contribution in [0.4, 0.5) is 10.5 Å². The van der Waals surface area contributed by atoms with Crippen LogP contribution in [-0.2, 0) is 4.74 Å². The molecular weight excluding hydrogens is 350 g/mol. The SMILES string of the molecule is CNCCN1C[C@H]2C[C@H](OC(=O)Nc3ccccc3-c3ccccc3)C[C@H]2C1. The molecule has 2 aromatic carbocycles. The highest BCUT2D eigenvalue weighted by Gasteiger charge is 2.42. The Morgan fingerprint density at radius 2 is 1.71 bits per heavy atom. The quantitative estimate of drug-likeness (QED) is 0.801. The zero-order valence-electron chi connectivity index (χ0n) is 16.4. The van der Waals surface area contributed by atoms with Gasteiger partial charge in [0.25, 0.3) is 0 Å². The fourth-order valence-electron chi connectivity index (χ4n) is 4.64. The normalized spacial score (nSPS) is 24.1. The van der Waals surface area contributed by atoms with E-state index in [1.807, 2.05) is 61.6 Å². The Labute approximate surface area is 167 Å². The molecule has 0 aromatic heterocycles. The summed E-state index contributed by atoms with van der Waals surface area (Å²) in [5.41, 5.74) is 2.87. The molecule has 1 saturated heterocycles. The molecule has 2 aromatic rings. The fraction of sp³-hybridized carbons (Fsp3) is 0.435. The zero-order chi connectivity index (χ0) is 19.3. The lowest BCUT2D eigenvalue weighted by Gasteiger charge is -2.19. The van der Waals surface area contributed by atoms with Crippen LogP contribution >= 0.6 is 0 Å². The first-order valence-electron chi connectivity index (χ1n) is 10.2. The third-order valence-electron chi connectivity index (χ3n) is 5.98. The van der Waals surface area contributed by atoms with Crippen molar-refractivity contribution in [1.82, 2.24) is 10.2 Å². The van der Waals surface area contributed by atoms with Crippen molar-refractivity contribution in [3.8, 4) is 11.1 Å². The minimum atomic E-state index is -0.347. The molecule has 0 radical (unpaired) electrons. The molecule has 2 fully saturated rings. The van der Waals surface area contributed by atoms with E-state index >= 15 is 0 Å². The number of hydrogen-bond donors (Lipinski definition) is 2. The smallest absolute Gasteiger partial charge is 0.411 e. The number of likely N-dealkylation sites (tertiary alicyclic amines) is 1. The van der Waals surface area contributed by atoms with E-state index in [9.17, 15) is 4.79 Å². The van der Waals surface area contributed by atoms with E-state index in [1.54, 1.807) is 0 Å². The number of carbonyl (C=O) groups excluding carboxylic acids is 1. The Bertz CT molecular complexity index is 781. The van der Waals surface area contributed by atoms with Gasteiger partial charge >= 0.3 is 6.09 Å². The summed E-state index contributed by atoms with van der Waals surface area (Å²) in [6.07, 6.45) is 1.65. The van der Waals surface area contributed by atoms with Crippen LogP contribution in [0.15, 0.2) is 54.6 Å². The molecule has 0 spiro atoms. The maximum Gasteiger partial charge on any atom is 0.411 e. The van der Waals surface area contributed by atoms with Gasteiger partial charge in [0, 0.05) is 31.7 Å². The number of carbonyl (C=O) groups is 1. The summed E-state index contributed by atoms with van der Waals surface area (Å²) in [7, 11) is 2.00. The van der Waals surface area contributed by atoms with Gasteiger partial charge in [-0.15, -0.1) is 0 Å². The molecule has 1 aliphatic heterocycles. The van der Waals surface area contributed by atoms with Crippen LogP contribution in [-0.4, -0.2) is 50.3 Å². The maximum absolute atomic E-state index is 12.5. The second kappa shape index (κ2) is 8.76. The number of hydrogen-bond acceptors (Lipinski definition) is 4. The summed E-state index contributed by atoms with van der Waals surface area (Å²) in [6.45, 7) is 4.39. The second-order valence-corrected chi connectivity index (χ2v) is 7.92. The Morgan fingerprint density at radius 1 is 1.04 bits per heavy atom. The summed E-state index contributed by atoms with van der Waals surface area (Å²) >= 11 is 0. The number of nitrogens with one attached hydrogen (secondary N) is 2. The Kier molecular flexibility index (Phi) is 5.93. The van der Waals surface area contributed by atoms with E-state index in [4.69, 9.17) is 4.74 Å². The number of rotatable bonds is 6. The van der Waals surface area contributed by atoms with Gasteiger partial charge < -0.3 is 15.0 Å². The van der Waals surface area contributed by atoms with Gasteiger partial charge in [0.15, 0.2) is 0 Å². The molecule has 28 heavy (non-hydrogen) atoms. The number of fused-ring (bicyclic) bond motifs is 1. The van der Waals surface area contributed by atoms with Crippen molar-refractivity contribution in [2.75, 3.05) is 38.5 Å². The van der Waals surface area contributed by atoms with Crippen molar-refractivity contribution in [3.05, 3.63) is 54.6 Å². The third-order valence-corrected chi connectivity index (χ3v) is 5.98. The average Bonchev–Trinajstić information content (AvgIpc) is 3.25. The van der Waals surface area contributed by atoms with Crippen LogP contribution in [0.1, 0.15) is 12.8 Å². The summed E-state index contributed by atoms with van der Waals surface area (Å²) in [5.74, 6) is 1.32. The van der Waals surface area contributed by atoms with Crippen molar-refractivity contribution in [2.45, 2.75) is 18.9 Å².